The highest BCUT2D eigenvalue weighted by Crippen LogP contribution is 2.30. The van der Waals surface area contributed by atoms with Gasteiger partial charge in [-0.15, -0.1) is 0 Å². The molecule has 2 aromatic rings. The summed E-state index contributed by atoms with van der Waals surface area (Å²) >= 11 is 0. The highest BCUT2D eigenvalue weighted by atomic mass is 16.4. The second-order valence-electron chi connectivity index (χ2n) is 6.11. The van der Waals surface area contributed by atoms with E-state index in [0.29, 0.717) is 5.69 Å². The summed E-state index contributed by atoms with van der Waals surface area (Å²) in [6.45, 7) is 6.69. The Morgan fingerprint density at radius 3 is 2.90 bits per heavy atom. The van der Waals surface area contributed by atoms with E-state index in [1.54, 1.807) is 0 Å². The van der Waals surface area contributed by atoms with Crippen molar-refractivity contribution >= 4 is 22.8 Å². The number of para-hydroxylation sites is 1. The van der Waals surface area contributed by atoms with Crippen molar-refractivity contribution in [3.8, 4) is 0 Å². The fourth-order valence-electron chi connectivity index (χ4n) is 3.07. The minimum atomic E-state index is 0.687. The van der Waals surface area contributed by atoms with E-state index in [2.05, 4.69) is 23.7 Å². The van der Waals surface area contributed by atoms with Crippen LogP contribution >= 0.6 is 0 Å². The zero-order chi connectivity index (χ0) is 14.1. The summed E-state index contributed by atoms with van der Waals surface area (Å²) in [5.41, 5.74) is 8.20. The summed E-state index contributed by atoms with van der Waals surface area (Å²) in [6.07, 6.45) is 3.72. The first-order chi connectivity index (χ1) is 9.65. The van der Waals surface area contributed by atoms with Crippen LogP contribution in [0.2, 0.25) is 0 Å². The predicted molar refractivity (Wildman–Crippen MR) is 82.8 cm³/mol. The van der Waals surface area contributed by atoms with E-state index in [4.69, 9.17) is 10.2 Å². The van der Waals surface area contributed by atoms with Gasteiger partial charge in [0.25, 0.3) is 6.01 Å². The molecule has 2 N–H and O–H groups in total. The Morgan fingerprint density at radius 2 is 2.15 bits per heavy atom. The van der Waals surface area contributed by atoms with Crippen LogP contribution in [0.15, 0.2) is 22.6 Å². The standard InChI is InChI=1S/C16H23N3O/c1-11(2)12-5-4-9-19(10-8-12)16-18-15-13(17)6-3-7-14(15)20-16/h3,6-7,11-12H,4-5,8-10,17H2,1-2H3. The van der Waals surface area contributed by atoms with Crippen LogP contribution < -0.4 is 10.6 Å². The van der Waals surface area contributed by atoms with Crippen molar-refractivity contribution in [3.05, 3.63) is 18.2 Å². The third kappa shape index (κ3) is 2.47. The van der Waals surface area contributed by atoms with Crippen molar-refractivity contribution in [2.75, 3.05) is 23.7 Å². The molecule has 0 spiro atoms. The zero-order valence-corrected chi connectivity index (χ0v) is 12.3. The van der Waals surface area contributed by atoms with Crippen molar-refractivity contribution in [3.63, 3.8) is 0 Å². The van der Waals surface area contributed by atoms with Gasteiger partial charge in [-0.05, 0) is 43.2 Å². The SMILES string of the molecule is CC(C)C1CCCN(c2nc3c(N)cccc3o2)CC1. The fraction of sp³-hybridized carbons (Fsp3) is 0.562. The highest BCUT2D eigenvalue weighted by Gasteiger charge is 2.22. The van der Waals surface area contributed by atoms with Gasteiger partial charge in [0.05, 0.1) is 5.69 Å². The van der Waals surface area contributed by atoms with Gasteiger partial charge in [-0.1, -0.05) is 19.9 Å². The number of hydrogen-bond donors (Lipinski definition) is 1. The number of oxazole rings is 1. The van der Waals surface area contributed by atoms with E-state index in [-0.39, 0.29) is 0 Å². The summed E-state index contributed by atoms with van der Waals surface area (Å²) in [5.74, 6) is 1.57. The number of aromatic nitrogens is 1. The van der Waals surface area contributed by atoms with E-state index in [1.807, 2.05) is 18.2 Å². The first kappa shape index (κ1) is 13.3. The van der Waals surface area contributed by atoms with Gasteiger partial charge in [0, 0.05) is 13.1 Å². The van der Waals surface area contributed by atoms with Gasteiger partial charge < -0.3 is 15.1 Å². The minimum Gasteiger partial charge on any atom is -0.423 e. The van der Waals surface area contributed by atoms with E-state index in [1.165, 1.54) is 19.3 Å². The molecule has 1 aromatic heterocycles. The number of nitrogens with zero attached hydrogens (tertiary/aromatic N) is 2. The van der Waals surface area contributed by atoms with E-state index < -0.39 is 0 Å². The molecule has 20 heavy (non-hydrogen) atoms. The van der Waals surface area contributed by atoms with Gasteiger partial charge in [0.2, 0.25) is 0 Å². The fourth-order valence-corrected chi connectivity index (χ4v) is 3.07. The lowest BCUT2D eigenvalue weighted by molar-refractivity contribution is 0.351. The Balaban J connectivity index is 1.82. The van der Waals surface area contributed by atoms with Gasteiger partial charge in [-0.3, -0.25) is 0 Å². The maximum absolute atomic E-state index is 5.95. The summed E-state index contributed by atoms with van der Waals surface area (Å²) in [6, 6.07) is 6.43. The molecule has 4 heteroatoms. The second-order valence-corrected chi connectivity index (χ2v) is 6.11. The van der Waals surface area contributed by atoms with Crippen molar-refractivity contribution < 1.29 is 4.42 Å². The molecule has 2 heterocycles. The van der Waals surface area contributed by atoms with Crippen molar-refractivity contribution in [2.24, 2.45) is 11.8 Å². The van der Waals surface area contributed by atoms with Crippen molar-refractivity contribution in [1.82, 2.24) is 4.98 Å². The molecule has 0 bridgehead atoms. The number of rotatable bonds is 2. The molecule has 0 saturated carbocycles. The average Bonchev–Trinajstić information content (AvgIpc) is 2.70. The Kier molecular flexibility index (Phi) is 3.55. The van der Waals surface area contributed by atoms with Gasteiger partial charge >= 0.3 is 0 Å². The number of hydrogen-bond acceptors (Lipinski definition) is 4. The van der Waals surface area contributed by atoms with Gasteiger partial charge in [0.15, 0.2) is 5.58 Å². The normalized spacial score (nSPS) is 20.6. The lowest BCUT2D eigenvalue weighted by atomic mass is 9.89. The largest absolute Gasteiger partial charge is 0.423 e. The molecule has 0 amide bonds. The molecule has 1 aromatic carbocycles. The van der Waals surface area contributed by atoms with Gasteiger partial charge in [0.1, 0.15) is 5.52 Å². The first-order valence-corrected chi connectivity index (χ1v) is 7.55. The average molecular weight is 273 g/mol. The highest BCUT2D eigenvalue weighted by molar-refractivity contribution is 5.86. The van der Waals surface area contributed by atoms with E-state index in [9.17, 15) is 0 Å². The summed E-state index contributed by atoms with van der Waals surface area (Å²) in [5, 5.41) is 0. The summed E-state index contributed by atoms with van der Waals surface area (Å²) in [4.78, 5) is 6.85. The molecule has 108 valence electrons. The number of benzene rings is 1. The van der Waals surface area contributed by atoms with Crippen LogP contribution in [0.25, 0.3) is 11.1 Å². The molecule has 0 aliphatic carbocycles. The predicted octanol–water partition coefficient (Wildman–Crippen LogP) is 3.67. The lowest BCUT2D eigenvalue weighted by Gasteiger charge is -2.19. The molecule has 1 atom stereocenters. The van der Waals surface area contributed by atoms with Crippen LogP contribution in [-0.2, 0) is 0 Å². The Labute approximate surface area is 120 Å². The van der Waals surface area contributed by atoms with Gasteiger partial charge in [-0.25, -0.2) is 0 Å². The molecule has 1 saturated heterocycles. The maximum atomic E-state index is 5.95. The van der Waals surface area contributed by atoms with E-state index in [0.717, 1.165) is 42.0 Å². The van der Waals surface area contributed by atoms with Crippen molar-refractivity contribution in [2.45, 2.75) is 33.1 Å². The lowest BCUT2D eigenvalue weighted by Crippen LogP contribution is -2.24. The molecular weight excluding hydrogens is 250 g/mol. The molecule has 1 fully saturated rings. The summed E-state index contributed by atoms with van der Waals surface area (Å²) in [7, 11) is 0. The first-order valence-electron chi connectivity index (χ1n) is 7.55. The topological polar surface area (TPSA) is 55.3 Å². The third-order valence-electron chi connectivity index (χ3n) is 4.42. The molecule has 3 rings (SSSR count). The van der Waals surface area contributed by atoms with Crippen LogP contribution in [0.5, 0.6) is 0 Å². The van der Waals surface area contributed by atoms with Gasteiger partial charge in [-0.2, -0.15) is 4.98 Å². The van der Waals surface area contributed by atoms with Crippen LogP contribution in [0.4, 0.5) is 11.7 Å². The van der Waals surface area contributed by atoms with E-state index >= 15 is 0 Å². The summed E-state index contributed by atoms with van der Waals surface area (Å²) < 4.78 is 5.87. The van der Waals surface area contributed by atoms with Crippen LogP contribution in [0.3, 0.4) is 0 Å². The maximum Gasteiger partial charge on any atom is 0.298 e. The third-order valence-corrected chi connectivity index (χ3v) is 4.42. The quantitative estimate of drug-likeness (QED) is 0.848. The number of anilines is 2. The monoisotopic (exact) mass is 273 g/mol. The molecule has 1 unspecified atom stereocenters. The number of fused-ring (bicyclic) bond motifs is 1. The van der Waals surface area contributed by atoms with Crippen LogP contribution in [0, 0.1) is 11.8 Å². The molecule has 0 radical (unpaired) electrons. The smallest absolute Gasteiger partial charge is 0.298 e. The number of nitrogen functional groups attached to an aromatic ring is 1. The molecular formula is C16H23N3O. The van der Waals surface area contributed by atoms with Crippen LogP contribution in [-0.4, -0.2) is 18.1 Å². The zero-order valence-electron chi connectivity index (χ0n) is 12.3. The minimum absolute atomic E-state index is 0.687. The molecule has 1 aliphatic rings. The van der Waals surface area contributed by atoms with Crippen molar-refractivity contribution in [1.29, 1.82) is 0 Å². The Bertz CT molecular complexity index is 590. The second kappa shape index (κ2) is 5.35. The molecule has 1 aliphatic heterocycles. The Hall–Kier alpha value is -1.71. The number of nitrogens with two attached hydrogens (primary N) is 1. The molecule has 4 nitrogen and oxygen atoms in total. The Morgan fingerprint density at radius 1 is 1.30 bits per heavy atom. The van der Waals surface area contributed by atoms with Crippen LogP contribution in [0.1, 0.15) is 33.1 Å².